The Morgan fingerprint density at radius 3 is 1.30 bits per heavy atom. The van der Waals surface area contributed by atoms with Gasteiger partial charge in [-0.25, -0.2) is 24.9 Å². The molecule has 2 heterocycles. The van der Waals surface area contributed by atoms with Crippen LogP contribution in [0, 0.1) is 0 Å². The van der Waals surface area contributed by atoms with E-state index in [1.165, 1.54) is 5.57 Å². The average molecular weight is 694 g/mol. The lowest BCUT2D eigenvalue weighted by atomic mass is 9.93. The van der Waals surface area contributed by atoms with Gasteiger partial charge in [-0.1, -0.05) is 182 Å². The monoisotopic (exact) mass is 693 g/mol. The van der Waals surface area contributed by atoms with Crippen molar-refractivity contribution in [1.29, 1.82) is 0 Å². The van der Waals surface area contributed by atoms with Crippen LogP contribution in [0.25, 0.3) is 84.8 Å². The Morgan fingerprint density at radius 2 is 0.759 bits per heavy atom. The zero-order valence-corrected chi connectivity index (χ0v) is 29.5. The third kappa shape index (κ3) is 6.67. The van der Waals surface area contributed by atoms with E-state index in [0.717, 1.165) is 80.1 Å². The van der Waals surface area contributed by atoms with Crippen molar-refractivity contribution in [1.82, 2.24) is 24.9 Å². The number of benzene rings is 6. The molecule has 0 spiro atoms. The van der Waals surface area contributed by atoms with Gasteiger partial charge in [0.15, 0.2) is 17.5 Å². The van der Waals surface area contributed by atoms with Gasteiger partial charge >= 0.3 is 0 Å². The van der Waals surface area contributed by atoms with Crippen molar-refractivity contribution >= 4 is 5.57 Å². The van der Waals surface area contributed by atoms with Crippen LogP contribution in [0.2, 0.25) is 0 Å². The van der Waals surface area contributed by atoms with E-state index in [9.17, 15) is 0 Å². The van der Waals surface area contributed by atoms with Crippen LogP contribution >= 0.6 is 0 Å². The minimum Gasteiger partial charge on any atom is -0.243 e. The molecule has 8 aromatic rings. The van der Waals surface area contributed by atoms with Gasteiger partial charge in [0.2, 0.25) is 0 Å². The average Bonchev–Trinajstić information content (AvgIpc) is 3.27. The highest BCUT2D eigenvalue weighted by atomic mass is 15.0. The maximum atomic E-state index is 5.47. The van der Waals surface area contributed by atoms with Crippen molar-refractivity contribution in [3.05, 3.63) is 194 Å². The molecule has 0 aliphatic heterocycles. The first-order chi connectivity index (χ1) is 26.8. The molecular weight excluding hydrogens is 659 g/mol. The fourth-order valence-electron chi connectivity index (χ4n) is 6.96. The molecule has 6 aromatic carbocycles. The van der Waals surface area contributed by atoms with E-state index in [-0.39, 0.29) is 0 Å². The van der Waals surface area contributed by atoms with Crippen molar-refractivity contribution in [3.8, 4) is 79.2 Å². The lowest BCUT2D eigenvalue weighted by molar-refractivity contribution is 1.05. The number of allylic oxidation sites excluding steroid dienone is 4. The Bertz CT molecular complexity index is 2630. The molecule has 9 rings (SSSR count). The van der Waals surface area contributed by atoms with E-state index in [2.05, 4.69) is 97.1 Å². The molecule has 0 amide bonds. The van der Waals surface area contributed by atoms with Crippen LogP contribution in [-0.2, 0) is 0 Å². The standard InChI is InChI=1S/C49H35N5/c1-6-19-34(20-7-1)41-31-16-17-32-42(41)49-53-47(38-27-14-5-15-28-38)52-48(54-49)40-30-18-29-39(33-40)46-45(37-25-12-4-13-26-37)50-43(35-21-8-2-9-22-35)44(51-46)36-23-10-3-11-24-36/h1-6,8-19,21-33H,7,20H2. The summed E-state index contributed by atoms with van der Waals surface area (Å²) in [4.78, 5) is 26.2. The second-order valence-electron chi connectivity index (χ2n) is 13.2. The predicted octanol–water partition coefficient (Wildman–Crippen LogP) is 12.1. The Balaban J connectivity index is 1.25. The fraction of sp³-hybridized carbons (Fsp3) is 0.0408. The molecule has 256 valence electrons. The molecule has 0 fully saturated rings. The van der Waals surface area contributed by atoms with Crippen LogP contribution in [0.5, 0.6) is 0 Å². The van der Waals surface area contributed by atoms with Gasteiger partial charge in [-0.15, -0.1) is 0 Å². The minimum atomic E-state index is 0.589. The highest BCUT2D eigenvalue weighted by Crippen LogP contribution is 2.39. The number of hydrogen-bond acceptors (Lipinski definition) is 5. The van der Waals surface area contributed by atoms with Crippen molar-refractivity contribution in [2.75, 3.05) is 0 Å². The molecule has 0 unspecified atom stereocenters. The van der Waals surface area contributed by atoms with Crippen molar-refractivity contribution in [3.63, 3.8) is 0 Å². The molecular formula is C49H35N5. The zero-order chi connectivity index (χ0) is 36.1. The summed E-state index contributed by atoms with van der Waals surface area (Å²) in [7, 11) is 0. The first-order valence-electron chi connectivity index (χ1n) is 18.2. The molecule has 0 saturated heterocycles. The molecule has 54 heavy (non-hydrogen) atoms. The van der Waals surface area contributed by atoms with Gasteiger partial charge < -0.3 is 0 Å². The quantitative estimate of drug-likeness (QED) is 0.158. The Kier molecular flexibility index (Phi) is 9.02. The summed E-state index contributed by atoms with van der Waals surface area (Å²) in [6.45, 7) is 0. The smallest absolute Gasteiger partial charge is 0.164 e. The van der Waals surface area contributed by atoms with Crippen LogP contribution in [0.3, 0.4) is 0 Å². The van der Waals surface area contributed by atoms with Crippen LogP contribution in [-0.4, -0.2) is 24.9 Å². The molecule has 0 radical (unpaired) electrons. The van der Waals surface area contributed by atoms with Crippen molar-refractivity contribution in [2.45, 2.75) is 12.8 Å². The molecule has 1 aliphatic carbocycles. The minimum absolute atomic E-state index is 0.589. The van der Waals surface area contributed by atoms with Gasteiger partial charge in [-0.3, -0.25) is 0 Å². The molecule has 5 nitrogen and oxygen atoms in total. The Morgan fingerprint density at radius 1 is 0.333 bits per heavy atom. The van der Waals surface area contributed by atoms with E-state index in [0.29, 0.717) is 17.5 Å². The van der Waals surface area contributed by atoms with E-state index in [1.807, 2.05) is 91.0 Å². The second kappa shape index (κ2) is 14.9. The van der Waals surface area contributed by atoms with Crippen molar-refractivity contribution < 1.29 is 0 Å². The molecule has 1 aliphatic rings. The Hall–Kier alpha value is -7.11. The van der Waals surface area contributed by atoms with E-state index >= 15 is 0 Å². The summed E-state index contributed by atoms with van der Waals surface area (Å²) in [6, 6.07) is 57.7. The second-order valence-corrected chi connectivity index (χ2v) is 13.2. The van der Waals surface area contributed by atoms with Gasteiger partial charge in [-0.05, 0) is 30.0 Å². The van der Waals surface area contributed by atoms with E-state index in [4.69, 9.17) is 24.9 Å². The van der Waals surface area contributed by atoms with Crippen LogP contribution < -0.4 is 0 Å². The van der Waals surface area contributed by atoms with E-state index in [1.54, 1.807) is 0 Å². The topological polar surface area (TPSA) is 64.5 Å². The molecule has 0 atom stereocenters. The number of nitrogens with zero attached hydrogens (tertiary/aromatic N) is 5. The summed E-state index contributed by atoms with van der Waals surface area (Å²) >= 11 is 0. The fourth-order valence-corrected chi connectivity index (χ4v) is 6.96. The van der Waals surface area contributed by atoms with Crippen LogP contribution in [0.4, 0.5) is 0 Å². The van der Waals surface area contributed by atoms with Crippen LogP contribution in [0.1, 0.15) is 18.4 Å². The maximum absolute atomic E-state index is 5.47. The van der Waals surface area contributed by atoms with Gasteiger partial charge in [0.1, 0.15) is 0 Å². The third-order valence-corrected chi connectivity index (χ3v) is 9.63. The number of hydrogen-bond donors (Lipinski definition) is 0. The lowest BCUT2D eigenvalue weighted by Gasteiger charge is -2.17. The highest BCUT2D eigenvalue weighted by molar-refractivity contribution is 5.87. The molecule has 0 bridgehead atoms. The predicted molar refractivity (Wildman–Crippen MR) is 220 cm³/mol. The molecule has 0 N–H and O–H groups in total. The highest BCUT2D eigenvalue weighted by Gasteiger charge is 2.21. The zero-order valence-electron chi connectivity index (χ0n) is 29.5. The number of rotatable bonds is 8. The number of aromatic nitrogens is 5. The summed E-state index contributed by atoms with van der Waals surface area (Å²) in [5, 5.41) is 0. The maximum Gasteiger partial charge on any atom is 0.164 e. The first kappa shape index (κ1) is 32.8. The lowest BCUT2D eigenvalue weighted by Crippen LogP contribution is -2.03. The van der Waals surface area contributed by atoms with Gasteiger partial charge in [-0.2, -0.15) is 0 Å². The van der Waals surface area contributed by atoms with Crippen LogP contribution in [0.15, 0.2) is 188 Å². The first-order valence-corrected chi connectivity index (χ1v) is 18.2. The molecule has 0 saturated carbocycles. The van der Waals surface area contributed by atoms with E-state index < -0.39 is 0 Å². The normalized spacial score (nSPS) is 12.3. The summed E-state index contributed by atoms with van der Waals surface area (Å²) in [6.07, 6.45) is 8.52. The molecule has 2 aromatic heterocycles. The summed E-state index contributed by atoms with van der Waals surface area (Å²) in [5.41, 5.74) is 12.3. The summed E-state index contributed by atoms with van der Waals surface area (Å²) < 4.78 is 0. The summed E-state index contributed by atoms with van der Waals surface area (Å²) in [5.74, 6) is 1.85. The van der Waals surface area contributed by atoms with Crippen molar-refractivity contribution in [2.24, 2.45) is 0 Å². The largest absolute Gasteiger partial charge is 0.243 e. The van der Waals surface area contributed by atoms with Gasteiger partial charge in [0, 0.05) is 38.9 Å². The molecule has 5 heteroatoms. The third-order valence-electron chi connectivity index (χ3n) is 9.63. The van der Waals surface area contributed by atoms with Gasteiger partial charge in [0.25, 0.3) is 0 Å². The van der Waals surface area contributed by atoms with Gasteiger partial charge in [0.05, 0.1) is 22.8 Å². The SMILES string of the molecule is C1=CCCC(c2ccccc2-c2nc(-c3ccccc3)nc(-c3cccc(-c4nc(-c5ccccc5)c(-c5ccccc5)nc4-c4ccccc4)c3)n2)=C1. The Labute approximate surface area is 315 Å².